The second-order valence-electron chi connectivity index (χ2n) is 8.60. The Morgan fingerprint density at radius 2 is 1.62 bits per heavy atom. The lowest BCUT2D eigenvalue weighted by Gasteiger charge is -2.39. The maximum atomic E-state index is 14.2. The second-order valence-corrected chi connectivity index (χ2v) is 8.60. The fourth-order valence-electron chi connectivity index (χ4n) is 5.15. The number of benzene rings is 3. The van der Waals surface area contributed by atoms with Crippen LogP contribution < -0.4 is 10.2 Å². The Balaban J connectivity index is 1.65. The van der Waals surface area contributed by atoms with Gasteiger partial charge in [-0.25, -0.2) is 4.39 Å². The molecule has 2 atom stereocenters. The molecule has 162 valence electrons. The molecule has 2 aliphatic rings. The highest BCUT2D eigenvalue weighted by molar-refractivity contribution is 6.12. The van der Waals surface area contributed by atoms with Gasteiger partial charge < -0.3 is 10.2 Å². The minimum Gasteiger partial charge on any atom is -0.367 e. The third kappa shape index (κ3) is 3.38. The Labute approximate surface area is 187 Å². The zero-order chi connectivity index (χ0) is 22.1. The van der Waals surface area contributed by atoms with Crippen molar-refractivity contribution in [3.05, 3.63) is 95.8 Å². The molecule has 1 heterocycles. The molecule has 5 rings (SSSR count). The van der Waals surface area contributed by atoms with Crippen molar-refractivity contribution < 1.29 is 14.0 Å². The van der Waals surface area contributed by atoms with Gasteiger partial charge in [0.05, 0.1) is 18.2 Å². The van der Waals surface area contributed by atoms with E-state index in [1.54, 1.807) is 17.0 Å². The largest absolute Gasteiger partial charge is 0.367 e. The number of amides is 1. The molecule has 4 nitrogen and oxygen atoms in total. The number of para-hydroxylation sites is 1. The second kappa shape index (κ2) is 8.23. The first kappa shape index (κ1) is 20.4. The molecule has 0 radical (unpaired) electrons. The number of nitrogens with zero attached hydrogens (tertiary/aromatic N) is 1. The molecule has 0 saturated heterocycles. The maximum Gasteiger partial charge on any atom is 0.258 e. The maximum absolute atomic E-state index is 14.2. The van der Waals surface area contributed by atoms with E-state index in [1.807, 2.05) is 54.6 Å². The van der Waals surface area contributed by atoms with E-state index in [0.29, 0.717) is 25.1 Å². The lowest BCUT2D eigenvalue weighted by Crippen LogP contribution is -2.54. The van der Waals surface area contributed by atoms with Crippen LogP contribution in [-0.4, -0.2) is 11.7 Å². The van der Waals surface area contributed by atoms with Crippen molar-refractivity contribution in [1.29, 1.82) is 0 Å². The number of hydrogen-bond donors (Lipinski definition) is 1. The smallest absolute Gasteiger partial charge is 0.258 e. The number of ketones is 1. The van der Waals surface area contributed by atoms with E-state index in [2.05, 4.69) is 5.32 Å². The van der Waals surface area contributed by atoms with Gasteiger partial charge in [0.1, 0.15) is 11.6 Å². The van der Waals surface area contributed by atoms with Crippen molar-refractivity contribution in [3.63, 3.8) is 0 Å². The van der Waals surface area contributed by atoms with Gasteiger partial charge in [0.25, 0.3) is 5.91 Å². The molecule has 1 aliphatic carbocycles. The summed E-state index contributed by atoms with van der Waals surface area (Å²) in [7, 11) is 0. The molecule has 1 saturated carbocycles. The van der Waals surface area contributed by atoms with Crippen molar-refractivity contribution in [2.45, 2.75) is 37.8 Å². The number of rotatable bonds is 5. The van der Waals surface area contributed by atoms with Crippen molar-refractivity contribution in [2.24, 2.45) is 5.92 Å². The minimum atomic E-state index is -1.21. The summed E-state index contributed by atoms with van der Waals surface area (Å²) in [6.45, 7) is 0.421. The van der Waals surface area contributed by atoms with Gasteiger partial charge in [0.2, 0.25) is 0 Å². The number of fused-ring (bicyclic) bond motifs is 1. The molecule has 3 aromatic rings. The van der Waals surface area contributed by atoms with Crippen LogP contribution in [0.4, 0.5) is 15.8 Å². The predicted octanol–water partition coefficient (Wildman–Crippen LogP) is 5.44. The molecule has 1 aliphatic heterocycles. The molecule has 0 aromatic heterocycles. The highest BCUT2D eigenvalue weighted by atomic mass is 19.1. The first-order valence-corrected chi connectivity index (χ1v) is 11.1. The zero-order valence-electron chi connectivity index (χ0n) is 17.8. The number of carbonyl (C=O) groups is 2. The van der Waals surface area contributed by atoms with E-state index >= 15 is 0 Å². The molecule has 2 unspecified atom stereocenters. The molecule has 1 N–H and O–H groups in total. The van der Waals surface area contributed by atoms with E-state index in [4.69, 9.17) is 0 Å². The summed E-state index contributed by atoms with van der Waals surface area (Å²) in [5.74, 6) is -0.847. The summed E-state index contributed by atoms with van der Waals surface area (Å²) in [4.78, 5) is 29.2. The Bertz CT molecular complexity index is 1150. The van der Waals surface area contributed by atoms with Crippen molar-refractivity contribution in [3.8, 4) is 0 Å². The van der Waals surface area contributed by atoms with E-state index in [-0.39, 0.29) is 17.5 Å². The molecule has 0 spiro atoms. The van der Waals surface area contributed by atoms with Crippen LogP contribution in [0.3, 0.4) is 0 Å². The molecule has 0 bridgehead atoms. The van der Waals surface area contributed by atoms with Crippen LogP contribution in [0.25, 0.3) is 0 Å². The summed E-state index contributed by atoms with van der Waals surface area (Å²) >= 11 is 0. The molecule has 1 amide bonds. The van der Waals surface area contributed by atoms with Crippen LogP contribution in [0.5, 0.6) is 0 Å². The first-order chi connectivity index (χ1) is 15.6. The van der Waals surface area contributed by atoms with Gasteiger partial charge in [-0.2, -0.15) is 0 Å². The van der Waals surface area contributed by atoms with Crippen LogP contribution in [0.2, 0.25) is 0 Å². The van der Waals surface area contributed by atoms with E-state index in [0.717, 1.165) is 29.7 Å². The molecular formula is C27H25FN2O2. The van der Waals surface area contributed by atoms with Gasteiger partial charge in [-0.1, -0.05) is 55.0 Å². The molecule has 5 heteroatoms. The number of Topliss-reactive ketones (excluding diaryl/α,β-unsaturated/α-hetero) is 1. The topological polar surface area (TPSA) is 49.4 Å². The van der Waals surface area contributed by atoms with Gasteiger partial charge in [-0.15, -0.1) is 0 Å². The zero-order valence-corrected chi connectivity index (χ0v) is 17.8. The Morgan fingerprint density at radius 3 is 2.38 bits per heavy atom. The number of anilines is 2. The molecule has 32 heavy (non-hydrogen) atoms. The van der Waals surface area contributed by atoms with Gasteiger partial charge in [-0.05, 0) is 48.7 Å². The van der Waals surface area contributed by atoms with Crippen LogP contribution in [0.15, 0.2) is 78.9 Å². The van der Waals surface area contributed by atoms with Crippen molar-refractivity contribution >= 4 is 23.1 Å². The van der Waals surface area contributed by atoms with Crippen molar-refractivity contribution in [2.75, 3.05) is 10.2 Å². The Kier molecular flexibility index (Phi) is 5.25. The van der Waals surface area contributed by atoms with E-state index < -0.39 is 11.5 Å². The van der Waals surface area contributed by atoms with Gasteiger partial charge >= 0.3 is 0 Å². The number of halogens is 1. The van der Waals surface area contributed by atoms with Crippen LogP contribution in [0, 0.1) is 11.7 Å². The summed E-state index contributed by atoms with van der Waals surface area (Å²) in [6.07, 6.45) is 2.88. The monoisotopic (exact) mass is 428 g/mol. The molecule has 3 aromatic carbocycles. The van der Waals surface area contributed by atoms with E-state index in [1.165, 1.54) is 12.1 Å². The Hall–Kier alpha value is -3.47. The number of nitrogens with one attached hydrogen (secondary N) is 1. The van der Waals surface area contributed by atoms with E-state index in [9.17, 15) is 14.0 Å². The first-order valence-electron chi connectivity index (χ1n) is 11.1. The lowest BCUT2D eigenvalue weighted by atomic mass is 9.70. The fraction of sp³-hybridized carbons (Fsp3) is 0.259. The lowest BCUT2D eigenvalue weighted by molar-refractivity contribution is -0.134. The SMILES string of the molecule is O=C1CCCCC1C1(Nc2ccc(F)cc2)C(=O)N(Cc2ccccc2)c2ccccc21. The molecule has 1 fully saturated rings. The van der Waals surface area contributed by atoms with Gasteiger partial charge in [0, 0.05) is 17.7 Å². The van der Waals surface area contributed by atoms with Crippen LogP contribution in [0.1, 0.15) is 36.8 Å². The minimum absolute atomic E-state index is 0.107. The summed E-state index contributed by atoms with van der Waals surface area (Å²) < 4.78 is 13.6. The highest BCUT2D eigenvalue weighted by Crippen LogP contribution is 2.50. The highest BCUT2D eigenvalue weighted by Gasteiger charge is 2.57. The quantitative estimate of drug-likeness (QED) is 0.589. The van der Waals surface area contributed by atoms with Crippen LogP contribution >= 0.6 is 0 Å². The molecular weight excluding hydrogens is 403 g/mol. The predicted molar refractivity (Wildman–Crippen MR) is 123 cm³/mol. The van der Waals surface area contributed by atoms with Gasteiger partial charge in [0.15, 0.2) is 5.54 Å². The number of hydrogen-bond acceptors (Lipinski definition) is 3. The third-order valence-corrected chi connectivity index (χ3v) is 6.65. The number of carbonyl (C=O) groups excluding carboxylic acids is 2. The van der Waals surface area contributed by atoms with Crippen molar-refractivity contribution in [1.82, 2.24) is 0 Å². The standard InChI is InChI=1S/C27H25FN2O2/c28-20-14-16-21(17-15-20)29-27(23-11-5-7-13-25(23)31)22-10-4-6-12-24(22)30(26(27)32)18-19-8-2-1-3-9-19/h1-4,6,8-10,12,14-17,23,29H,5,7,11,13,18H2. The summed E-state index contributed by atoms with van der Waals surface area (Å²) in [5.41, 5.74) is 2.05. The van der Waals surface area contributed by atoms with Gasteiger partial charge in [-0.3, -0.25) is 9.59 Å². The summed E-state index contributed by atoms with van der Waals surface area (Å²) in [5, 5.41) is 3.42. The normalized spacial score (nSPS) is 22.7. The summed E-state index contributed by atoms with van der Waals surface area (Å²) in [6, 6.07) is 23.5. The average molecular weight is 429 g/mol. The fourth-order valence-corrected chi connectivity index (χ4v) is 5.15. The third-order valence-electron chi connectivity index (χ3n) is 6.65. The van der Waals surface area contributed by atoms with Crippen LogP contribution in [-0.2, 0) is 21.7 Å². The average Bonchev–Trinajstić information content (AvgIpc) is 3.05. The Morgan fingerprint density at radius 1 is 0.906 bits per heavy atom.